The summed E-state index contributed by atoms with van der Waals surface area (Å²) in [6, 6.07) is 0. The third-order valence-electron chi connectivity index (χ3n) is 3.94. The van der Waals surface area contributed by atoms with Gasteiger partial charge < -0.3 is 14.5 Å². The molecular weight excluding hydrogens is 344 g/mol. The third kappa shape index (κ3) is 5.92. The molecule has 1 saturated heterocycles. The lowest BCUT2D eigenvalue weighted by Crippen LogP contribution is -2.41. The molecule has 1 fully saturated rings. The van der Waals surface area contributed by atoms with Crippen molar-refractivity contribution in [3.63, 3.8) is 0 Å². The maximum Gasteiger partial charge on any atom is 0.410 e. The molecule has 25 heavy (non-hydrogen) atoms. The fourth-order valence-electron chi connectivity index (χ4n) is 2.76. The Morgan fingerprint density at radius 1 is 1.24 bits per heavy atom. The normalized spacial score (nSPS) is 17.2. The average Bonchev–Trinajstić information content (AvgIpc) is 2.77. The molecule has 0 aliphatic carbocycles. The van der Waals surface area contributed by atoms with Gasteiger partial charge in [0, 0.05) is 32.4 Å². The Balaban J connectivity index is 1.88. The summed E-state index contributed by atoms with van der Waals surface area (Å²) in [4.78, 5) is 28.4. The van der Waals surface area contributed by atoms with E-state index in [1.165, 1.54) is 0 Å². The molecule has 7 nitrogen and oxygen atoms in total. The molecule has 8 heteroatoms. The summed E-state index contributed by atoms with van der Waals surface area (Å²) in [7, 11) is 0. The second-order valence-electron chi connectivity index (χ2n) is 7.43. The van der Waals surface area contributed by atoms with Crippen LogP contribution in [-0.4, -0.2) is 63.4 Å². The Hall–Kier alpha value is -1.76. The molecule has 0 N–H and O–H groups in total. The highest BCUT2D eigenvalue weighted by molar-refractivity contribution is 6.30. The molecule has 0 radical (unpaired) electrons. The smallest absolute Gasteiger partial charge is 0.410 e. The van der Waals surface area contributed by atoms with Crippen molar-refractivity contribution >= 4 is 23.6 Å². The number of carbonyl (C=O) groups excluding carboxylic acids is 2. The van der Waals surface area contributed by atoms with E-state index in [-0.39, 0.29) is 17.9 Å². The zero-order chi connectivity index (χ0) is 18.6. The van der Waals surface area contributed by atoms with Crippen LogP contribution < -0.4 is 0 Å². The van der Waals surface area contributed by atoms with E-state index in [0.717, 1.165) is 6.42 Å². The summed E-state index contributed by atoms with van der Waals surface area (Å²) in [6.45, 7) is 10.2. The molecule has 1 aliphatic heterocycles. The molecule has 1 atom stereocenters. The molecule has 1 aromatic rings. The number of halogens is 1. The van der Waals surface area contributed by atoms with Gasteiger partial charge in [0.1, 0.15) is 5.60 Å². The van der Waals surface area contributed by atoms with E-state index in [9.17, 15) is 9.59 Å². The first-order chi connectivity index (χ1) is 11.7. The predicted octanol–water partition coefficient (Wildman–Crippen LogP) is 2.64. The Bertz CT molecular complexity index is 611. The zero-order valence-corrected chi connectivity index (χ0v) is 16.1. The van der Waals surface area contributed by atoms with Crippen LogP contribution in [0.15, 0.2) is 12.4 Å². The van der Waals surface area contributed by atoms with Crippen LogP contribution in [0.4, 0.5) is 4.79 Å². The molecule has 2 rings (SSSR count). The zero-order valence-electron chi connectivity index (χ0n) is 15.4. The van der Waals surface area contributed by atoms with Gasteiger partial charge in [0.05, 0.1) is 23.7 Å². The number of hydrogen-bond acceptors (Lipinski definition) is 4. The average molecular weight is 371 g/mol. The standard InChI is InChI=1S/C17H27ClN4O3/c1-13(11-22-12-14(18)10-19-22)15(23)20-6-5-7-21(9-8-20)16(24)25-17(2,3)4/h10,12-13H,5-9,11H2,1-4H3. The third-order valence-corrected chi connectivity index (χ3v) is 4.14. The van der Waals surface area contributed by atoms with Crippen molar-refractivity contribution in [3.8, 4) is 0 Å². The first kappa shape index (κ1) is 19.6. The Kier molecular flexibility index (Phi) is 6.32. The van der Waals surface area contributed by atoms with Crippen LogP contribution in [-0.2, 0) is 16.1 Å². The molecular formula is C17H27ClN4O3. The molecule has 0 bridgehead atoms. The van der Waals surface area contributed by atoms with Gasteiger partial charge in [-0.2, -0.15) is 5.10 Å². The van der Waals surface area contributed by atoms with E-state index in [4.69, 9.17) is 16.3 Å². The minimum absolute atomic E-state index is 0.0673. The number of hydrogen-bond donors (Lipinski definition) is 0. The quantitative estimate of drug-likeness (QED) is 0.820. The number of rotatable bonds is 3. The number of ether oxygens (including phenoxy) is 1. The number of aromatic nitrogens is 2. The summed E-state index contributed by atoms with van der Waals surface area (Å²) in [5.74, 6) is -0.137. The molecule has 0 aromatic carbocycles. The topological polar surface area (TPSA) is 67.7 Å². The van der Waals surface area contributed by atoms with Crippen molar-refractivity contribution in [2.24, 2.45) is 5.92 Å². The minimum Gasteiger partial charge on any atom is -0.444 e. The Morgan fingerprint density at radius 3 is 2.48 bits per heavy atom. The number of amides is 2. The molecule has 2 amide bonds. The van der Waals surface area contributed by atoms with Crippen molar-refractivity contribution in [1.29, 1.82) is 0 Å². The van der Waals surface area contributed by atoms with Crippen molar-refractivity contribution in [1.82, 2.24) is 19.6 Å². The van der Waals surface area contributed by atoms with E-state index in [1.54, 1.807) is 22.0 Å². The van der Waals surface area contributed by atoms with Crippen LogP contribution in [0.1, 0.15) is 34.1 Å². The molecule has 1 aromatic heterocycles. The van der Waals surface area contributed by atoms with E-state index >= 15 is 0 Å². The second-order valence-corrected chi connectivity index (χ2v) is 7.86. The van der Waals surface area contributed by atoms with Crippen LogP contribution in [0.5, 0.6) is 0 Å². The highest BCUT2D eigenvalue weighted by Gasteiger charge is 2.27. The highest BCUT2D eigenvalue weighted by atomic mass is 35.5. The van der Waals surface area contributed by atoms with Gasteiger partial charge in [0.25, 0.3) is 0 Å². The number of carbonyl (C=O) groups is 2. The summed E-state index contributed by atoms with van der Waals surface area (Å²) >= 11 is 5.86. The van der Waals surface area contributed by atoms with Gasteiger partial charge in [0.2, 0.25) is 5.91 Å². The van der Waals surface area contributed by atoms with Crippen LogP contribution >= 0.6 is 11.6 Å². The maximum absolute atomic E-state index is 12.7. The van der Waals surface area contributed by atoms with E-state index in [0.29, 0.717) is 37.7 Å². The van der Waals surface area contributed by atoms with Gasteiger partial charge in [-0.15, -0.1) is 0 Å². The van der Waals surface area contributed by atoms with Crippen molar-refractivity contribution in [2.45, 2.75) is 46.3 Å². The molecule has 0 saturated carbocycles. The maximum atomic E-state index is 12.7. The van der Waals surface area contributed by atoms with E-state index in [1.807, 2.05) is 32.6 Å². The molecule has 0 spiro atoms. The lowest BCUT2D eigenvalue weighted by Gasteiger charge is -2.27. The SMILES string of the molecule is CC(Cn1cc(Cl)cn1)C(=O)N1CCCN(C(=O)OC(C)(C)C)CC1. The Labute approximate surface area is 153 Å². The predicted molar refractivity (Wildman–Crippen MR) is 95.4 cm³/mol. The van der Waals surface area contributed by atoms with Gasteiger partial charge in [-0.1, -0.05) is 18.5 Å². The largest absolute Gasteiger partial charge is 0.444 e. The summed E-state index contributed by atoms with van der Waals surface area (Å²) < 4.78 is 7.09. The van der Waals surface area contributed by atoms with Gasteiger partial charge in [0.15, 0.2) is 0 Å². The fraction of sp³-hybridized carbons (Fsp3) is 0.706. The summed E-state index contributed by atoms with van der Waals surface area (Å²) in [6.07, 6.45) is 3.69. The van der Waals surface area contributed by atoms with E-state index < -0.39 is 5.60 Å². The highest BCUT2D eigenvalue weighted by Crippen LogP contribution is 2.14. The number of nitrogens with zero attached hydrogens (tertiary/aromatic N) is 4. The molecule has 140 valence electrons. The van der Waals surface area contributed by atoms with Crippen LogP contribution in [0, 0.1) is 5.92 Å². The minimum atomic E-state index is -0.515. The van der Waals surface area contributed by atoms with Gasteiger partial charge in [-0.3, -0.25) is 9.48 Å². The first-order valence-electron chi connectivity index (χ1n) is 8.60. The van der Waals surface area contributed by atoms with Crippen molar-refractivity contribution in [2.75, 3.05) is 26.2 Å². The molecule has 1 aliphatic rings. The molecule has 1 unspecified atom stereocenters. The van der Waals surface area contributed by atoms with Crippen molar-refractivity contribution < 1.29 is 14.3 Å². The van der Waals surface area contributed by atoms with Gasteiger partial charge in [-0.25, -0.2) is 4.79 Å². The van der Waals surface area contributed by atoms with Gasteiger partial charge in [-0.05, 0) is 27.2 Å². The van der Waals surface area contributed by atoms with Crippen LogP contribution in [0.25, 0.3) is 0 Å². The van der Waals surface area contributed by atoms with Crippen molar-refractivity contribution in [3.05, 3.63) is 17.4 Å². The fourth-order valence-corrected chi connectivity index (χ4v) is 2.91. The monoisotopic (exact) mass is 370 g/mol. The lowest BCUT2D eigenvalue weighted by molar-refractivity contribution is -0.135. The van der Waals surface area contributed by atoms with E-state index in [2.05, 4.69) is 5.10 Å². The van der Waals surface area contributed by atoms with Crippen LogP contribution in [0.2, 0.25) is 5.02 Å². The summed E-state index contributed by atoms with van der Waals surface area (Å²) in [5, 5.41) is 4.67. The second kappa shape index (κ2) is 8.08. The lowest BCUT2D eigenvalue weighted by atomic mass is 10.1. The molecule has 2 heterocycles. The summed E-state index contributed by atoms with van der Waals surface area (Å²) in [5.41, 5.74) is -0.515. The van der Waals surface area contributed by atoms with Gasteiger partial charge >= 0.3 is 6.09 Å². The Morgan fingerprint density at radius 2 is 1.88 bits per heavy atom. The first-order valence-corrected chi connectivity index (χ1v) is 8.98. The van der Waals surface area contributed by atoms with Crippen LogP contribution in [0.3, 0.4) is 0 Å².